The summed E-state index contributed by atoms with van der Waals surface area (Å²) in [5.74, 6) is 0.491. The van der Waals surface area contributed by atoms with Crippen molar-refractivity contribution in [3.63, 3.8) is 0 Å². The number of carbonyl (C=O) groups excluding carboxylic acids is 1. The van der Waals surface area contributed by atoms with Gasteiger partial charge in [-0.2, -0.15) is 5.10 Å². The molecule has 3 rings (SSSR count). The fourth-order valence-electron chi connectivity index (χ4n) is 3.09. The molecule has 2 aliphatic rings. The second kappa shape index (κ2) is 5.16. The van der Waals surface area contributed by atoms with Gasteiger partial charge in [-0.3, -0.25) is 9.48 Å². The van der Waals surface area contributed by atoms with Gasteiger partial charge in [0.15, 0.2) is 9.84 Å². The van der Waals surface area contributed by atoms with Gasteiger partial charge in [0.05, 0.1) is 11.0 Å². The zero-order valence-electron chi connectivity index (χ0n) is 11.2. The lowest BCUT2D eigenvalue weighted by Gasteiger charge is -2.17. The van der Waals surface area contributed by atoms with Gasteiger partial charge in [-0.05, 0) is 18.8 Å². The van der Waals surface area contributed by atoms with Crippen molar-refractivity contribution in [1.82, 2.24) is 19.7 Å². The molecule has 0 bridgehead atoms. The molecule has 110 valence electrons. The number of rotatable bonds is 4. The maximum atomic E-state index is 12.1. The van der Waals surface area contributed by atoms with E-state index < -0.39 is 9.84 Å². The molecule has 0 N–H and O–H groups in total. The maximum absolute atomic E-state index is 12.1. The molecule has 2 saturated heterocycles. The number of hydrogen-bond acceptors (Lipinski definition) is 5. The Morgan fingerprint density at radius 2 is 2.20 bits per heavy atom. The summed E-state index contributed by atoms with van der Waals surface area (Å²) in [5.41, 5.74) is 0. The minimum Gasteiger partial charge on any atom is -0.341 e. The molecule has 20 heavy (non-hydrogen) atoms. The Morgan fingerprint density at radius 1 is 1.35 bits per heavy atom. The van der Waals surface area contributed by atoms with E-state index in [2.05, 4.69) is 10.1 Å². The third-order valence-corrected chi connectivity index (χ3v) is 6.47. The number of amides is 1. The van der Waals surface area contributed by atoms with Crippen LogP contribution in [0.5, 0.6) is 0 Å². The van der Waals surface area contributed by atoms with Crippen LogP contribution in [0.25, 0.3) is 0 Å². The summed E-state index contributed by atoms with van der Waals surface area (Å²) in [6, 6.07) is 0. The van der Waals surface area contributed by atoms with Gasteiger partial charge < -0.3 is 4.90 Å². The van der Waals surface area contributed by atoms with Crippen molar-refractivity contribution >= 4 is 15.7 Å². The molecule has 0 aromatic carbocycles. The summed E-state index contributed by atoms with van der Waals surface area (Å²) < 4.78 is 25.3. The van der Waals surface area contributed by atoms with Crippen molar-refractivity contribution < 1.29 is 13.2 Å². The van der Waals surface area contributed by atoms with Gasteiger partial charge in [0.25, 0.3) is 0 Å². The Morgan fingerprint density at radius 3 is 2.90 bits per heavy atom. The van der Waals surface area contributed by atoms with Gasteiger partial charge in [0, 0.05) is 26.1 Å². The van der Waals surface area contributed by atoms with Crippen molar-refractivity contribution in [1.29, 1.82) is 0 Å². The monoisotopic (exact) mass is 298 g/mol. The minimum absolute atomic E-state index is 0.0507. The van der Waals surface area contributed by atoms with E-state index in [-0.39, 0.29) is 22.8 Å². The Bertz CT molecular complexity index is 584. The molecule has 2 aliphatic heterocycles. The van der Waals surface area contributed by atoms with E-state index in [0.29, 0.717) is 38.9 Å². The van der Waals surface area contributed by atoms with E-state index in [4.69, 9.17) is 0 Å². The van der Waals surface area contributed by atoms with Crippen LogP contribution in [0.2, 0.25) is 0 Å². The number of hydrogen-bond donors (Lipinski definition) is 0. The summed E-state index contributed by atoms with van der Waals surface area (Å²) >= 11 is 0. The molecule has 2 atom stereocenters. The molecule has 1 aromatic rings. The maximum Gasteiger partial charge on any atom is 0.222 e. The highest BCUT2D eigenvalue weighted by molar-refractivity contribution is 7.92. The van der Waals surface area contributed by atoms with Crippen LogP contribution in [0.15, 0.2) is 12.7 Å². The summed E-state index contributed by atoms with van der Waals surface area (Å²) in [6.07, 6.45) is 4.92. The van der Waals surface area contributed by atoms with E-state index in [1.54, 1.807) is 15.9 Å². The lowest BCUT2D eigenvalue weighted by molar-refractivity contribution is -0.130. The van der Waals surface area contributed by atoms with Crippen LogP contribution in [0.1, 0.15) is 19.3 Å². The van der Waals surface area contributed by atoms with Gasteiger partial charge in [-0.1, -0.05) is 0 Å². The largest absolute Gasteiger partial charge is 0.341 e. The van der Waals surface area contributed by atoms with Gasteiger partial charge >= 0.3 is 0 Å². The third kappa shape index (κ3) is 2.56. The second-order valence-corrected chi connectivity index (χ2v) is 7.85. The quantitative estimate of drug-likeness (QED) is 0.762. The van der Waals surface area contributed by atoms with Gasteiger partial charge in [-0.25, -0.2) is 13.4 Å². The predicted molar refractivity (Wildman–Crippen MR) is 71.5 cm³/mol. The van der Waals surface area contributed by atoms with E-state index in [0.717, 1.165) is 0 Å². The highest BCUT2D eigenvalue weighted by Crippen LogP contribution is 2.33. The van der Waals surface area contributed by atoms with Crippen LogP contribution >= 0.6 is 0 Å². The molecular weight excluding hydrogens is 280 g/mol. The van der Waals surface area contributed by atoms with Crippen molar-refractivity contribution in [2.75, 3.05) is 18.8 Å². The van der Waals surface area contributed by atoms with Crippen LogP contribution < -0.4 is 0 Å². The lowest BCUT2D eigenvalue weighted by Crippen LogP contribution is -2.32. The summed E-state index contributed by atoms with van der Waals surface area (Å²) in [6.45, 7) is 1.64. The Balaban J connectivity index is 1.50. The molecule has 0 unspecified atom stereocenters. The van der Waals surface area contributed by atoms with Crippen molar-refractivity contribution in [2.45, 2.75) is 31.1 Å². The van der Waals surface area contributed by atoms with Crippen LogP contribution in [0.3, 0.4) is 0 Å². The van der Waals surface area contributed by atoms with Crippen molar-refractivity contribution in [3.8, 4) is 0 Å². The molecule has 1 amide bonds. The topological polar surface area (TPSA) is 85.2 Å². The van der Waals surface area contributed by atoms with Gasteiger partial charge in [-0.15, -0.1) is 0 Å². The number of carbonyl (C=O) groups is 1. The number of fused-ring (bicyclic) bond motifs is 1. The highest BCUT2D eigenvalue weighted by atomic mass is 32.2. The molecular formula is C12H18N4O3S. The molecule has 7 nitrogen and oxygen atoms in total. The first kappa shape index (κ1) is 13.5. The second-order valence-electron chi connectivity index (χ2n) is 5.52. The Kier molecular flexibility index (Phi) is 3.49. The summed E-state index contributed by atoms with van der Waals surface area (Å²) in [5, 5.41) is 3.66. The van der Waals surface area contributed by atoms with Crippen LogP contribution in [0.4, 0.5) is 0 Å². The first-order valence-corrected chi connectivity index (χ1v) is 8.59. The Hall–Kier alpha value is -1.44. The fraction of sp³-hybridized carbons (Fsp3) is 0.750. The first-order chi connectivity index (χ1) is 9.56. The molecule has 0 radical (unpaired) electrons. The highest BCUT2D eigenvalue weighted by Gasteiger charge is 2.47. The smallest absolute Gasteiger partial charge is 0.222 e. The standard InChI is InChI=1S/C12H18N4O3S/c17-12(2-1-4-16-9-13-8-14-16)15-6-10-3-5-20(18,19)11(10)7-15/h8-11H,1-7H2/t10-,11+/m0/s1. The molecule has 8 heteroatoms. The number of nitrogens with zero attached hydrogens (tertiary/aromatic N) is 4. The Labute approximate surface area is 117 Å². The van der Waals surface area contributed by atoms with E-state index in [1.165, 1.54) is 6.33 Å². The predicted octanol–water partition coefficient (Wildman–Crippen LogP) is -0.296. The zero-order valence-corrected chi connectivity index (χ0v) is 12.0. The van der Waals surface area contributed by atoms with Crippen molar-refractivity contribution in [3.05, 3.63) is 12.7 Å². The average molecular weight is 298 g/mol. The third-order valence-electron chi connectivity index (χ3n) is 4.21. The van der Waals surface area contributed by atoms with Crippen LogP contribution in [0, 0.1) is 5.92 Å². The number of sulfone groups is 1. The number of likely N-dealkylation sites (tertiary alicyclic amines) is 1. The van der Waals surface area contributed by atoms with E-state index in [1.807, 2.05) is 0 Å². The molecule has 3 heterocycles. The van der Waals surface area contributed by atoms with Crippen LogP contribution in [-0.4, -0.2) is 58.1 Å². The summed E-state index contributed by atoms with van der Waals surface area (Å²) in [7, 11) is -2.96. The van der Waals surface area contributed by atoms with Gasteiger partial charge in [0.2, 0.25) is 5.91 Å². The molecule has 0 spiro atoms. The van der Waals surface area contributed by atoms with E-state index >= 15 is 0 Å². The summed E-state index contributed by atoms with van der Waals surface area (Å²) in [4.78, 5) is 17.7. The van der Waals surface area contributed by atoms with E-state index in [9.17, 15) is 13.2 Å². The lowest BCUT2D eigenvalue weighted by atomic mass is 10.1. The van der Waals surface area contributed by atoms with Crippen LogP contribution in [-0.2, 0) is 21.2 Å². The fourth-order valence-corrected chi connectivity index (χ4v) is 5.24. The van der Waals surface area contributed by atoms with Gasteiger partial charge in [0.1, 0.15) is 12.7 Å². The molecule has 0 aliphatic carbocycles. The molecule has 0 saturated carbocycles. The normalized spacial score (nSPS) is 27.7. The molecule has 2 fully saturated rings. The SMILES string of the molecule is O=C(CCCn1cncn1)N1C[C@@H]2CCS(=O)(=O)[C@@H]2C1. The first-order valence-electron chi connectivity index (χ1n) is 6.88. The van der Waals surface area contributed by atoms with Crippen molar-refractivity contribution in [2.24, 2.45) is 5.92 Å². The minimum atomic E-state index is -2.96. The zero-order chi connectivity index (χ0) is 14.2. The molecule has 1 aromatic heterocycles. The number of aromatic nitrogens is 3. The number of aryl methyl sites for hydroxylation is 1. The average Bonchev–Trinajstić information content (AvgIpc) is 3.09.